The van der Waals surface area contributed by atoms with E-state index in [4.69, 9.17) is 10.5 Å². The van der Waals surface area contributed by atoms with Gasteiger partial charge in [0, 0.05) is 11.4 Å². The molecule has 0 atom stereocenters. The lowest BCUT2D eigenvalue weighted by Gasteiger charge is -2.12. The van der Waals surface area contributed by atoms with Crippen LogP contribution in [0.2, 0.25) is 0 Å². The zero-order valence-electron chi connectivity index (χ0n) is 10.0. The summed E-state index contributed by atoms with van der Waals surface area (Å²) < 4.78 is 5.29. The molecule has 0 heterocycles. The van der Waals surface area contributed by atoms with E-state index in [-0.39, 0.29) is 12.2 Å². The molecule has 0 bridgehead atoms. The molecule has 4 nitrogen and oxygen atoms in total. The Balaban J connectivity index is 1.90. The molecule has 0 saturated heterocycles. The molecule has 0 aromatic heterocycles. The van der Waals surface area contributed by atoms with Crippen LogP contribution in [-0.2, 0) is 4.74 Å². The second kappa shape index (κ2) is 5.08. The Kier molecular flexibility index (Phi) is 3.52. The van der Waals surface area contributed by atoms with Crippen LogP contribution in [0.1, 0.15) is 31.2 Å². The maximum Gasteiger partial charge on any atom is 0.411 e. The van der Waals surface area contributed by atoms with Gasteiger partial charge in [0.15, 0.2) is 0 Å². The lowest BCUT2D eigenvalue weighted by atomic mass is 10.2. The average Bonchev–Trinajstić information content (AvgIpc) is 2.76. The topological polar surface area (TPSA) is 64.3 Å². The number of nitrogens with one attached hydrogen (secondary N) is 1. The number of aryl methyl sites for hydroxylation is 1. The van der Waals surface area contributed by atoms with Gasteiger partial charge in [-0.25, -0.2) is 4.79 Å². The highest BCUT2D eigenvalue weighted by molar-refractivity contribution is 5.85. The van der Waals surface area contributed by atoms with Crippen molar-refractivity contribution < 1.29 is 9.53 Å². The molecule has 17 heavy (non-hydrogen) atoms. The molecule has 0 radical (unpaired) electrons. The molecule has 1 aliphatic carbocycles. The standard InChI is InChI=1S/C13H18N2O2/c1-9-6-7-10(8-12(9)14)15-13(16)17-11-4-2-3-5-11/h6-8,11H,2-5,14H2,1H3,(H,15,16). The minimum absolute atomic E-state index is 0.0813. The van der Waals surface area contributed by atoms with Crippen molar-refractivity contribution in [1.29, 1.82) is 0 Å². The van der Waals surface area contributed by atoms with Gasteiger partial charge in [-0.2, -0.15) is 0 Å². The van der Waals surface area contributed by atoms with E-state index < -0.39 is 0 Å². The summed E-state index contributed by atoms with van der Waals surface area (Å²) in [5, 5.41) is 2.70. The van der Waals surface area contributed by atoms with Crippen molar-refractivity contribution in [3.63, 3.8) is 0 Å². The number of amides is 1. The number of hydrogen-bond donors (Lipinski definition) is 2. The Morgan fingerprint density at radius 1 is 1.41 bits per heavy atom. The quantitative estimate of drug-likeness (QED) is 0.773. The van der Waals surface area contributed by atoms with Crippen LogP contribution in [-0.4, -0.2) is 12.2 Å². The Hall–Kier alpha value is -1.71. The van der Waals surface area contributed by atoms with Crippen molar-refractivity contribution >= 4 is 17.5 Å². The number of benzene rings is 1. The fraction of sp³-hybridized carbons (Fsp3) is 0.462. The van der Waals surface area contributed by atoms with E-state index in [1.165, 1.54) is 0 Å². The van der Waals surface area contributed by atoms with Gasteiger partial charge in [-0.05, 0) is 50.3 Å². The largest absolute Gasteiger partial charge is 0.446 e. The van der Waals surface area contributed by atoms with Crippen molar-refractivity contribution in [1.82, 2.24) is 0 Å². The molecule has 0 spiro atoms. The summed E-state index contributed by atoms with van der Waals surface area (Å²) in [6.45, 7) is 1.93. The smallest absolute Gasteiger partial charge is 0.411 e. The predicted molar refractivity (Wildman–Crippen MR) is 68.0 cm³/mol. The van der Waals surface area contributed by atoms with E-state index in [2.05, 4.69) is 5.32 Å². The van der Waals surface area contributed by atoms with E-state index in [0.29, 0.717) is 11.4 Å². The van der Waals surface area contributed by atoms with Gasteiger partial charge in [0.05, 0.1) is 0 Å². The zero-order chi connectivity index (χ0) is 12.3. The summed E-state index contributed by atoms with van der Waals surface area (Å²) >= 11 is 0. The van der Waals surface area contributed by atoms with E-state index >= 15 is 0 Å². The Morgan fingerprint density at radius 2 is 2.12 bits per heavy atom. The molecule has 1 amide bonds. The molecule has 1 aromatic rings. The monoisotopic (exact) mass is 234 g/mol. The van der Waals surface area contributed by atoms with Gasteiger partial charge in [0.25, 0.3) is 0 Å². The van der Waals surface area contributed by atoms with Gasteiger partial charge >= 0.3 is 6.09 Å². The maximum atomic E-state index is 11.6. The number of nitrogens with two attached hydrogens (primary N) is 1. The minimum Gasteiger partial charge on any atom is -0.446 e. The zero-order valence-corrected chi connectivity index (χ0v) is 10.0. The van der Waals surface area contributed by atoms with Gasteiger partial charge in [-0.3, -0.25) is 5.32 Å². The number of hydrogen-bond acceptors (Lipinski definition) is 3. The molecule has 2 rings (SSSR count). The van der Waals surface area contributed by atoms with Gasteiger partial charge in [0.1, 0.15) is 6.10 Å². The summed E-state index contributed by atoms with van der Waals surface area (Å²) in [7, 11) is 0. The summed E-state index contributed by atoms with van der Waals surface area (Å²) in [6, 6.07) is 5.44. The van der Waals surface area contributed by atoms with Crippen molar-refractivity contribution in [3.8, 4) is 0 Å². The molecule has 92 valence electrons. The van der Waals surface area contributed by atoms with E-state index in [9.17, 15) is 4.79 Å². The molecular formula is C13H18N2O2. The van der Waals surface area contributed by atoms with Crippen LogP contribution in [0.3, 0.4) is 0 Å². The Bertz CT molecular complexity index is 412. The van der Waals surface area contributed by atoms with Crippen LogP contribution in [0.15, 0.2) is 18.2 Å². The number of rotatable bonds is 2. The number of carbonyl (C=O) groups is 1. The first kappa shape index (κ1) is 11.8. The van der Waals surface area contributed by atoms with Gasteiger partial charge in [0.2, 0.25) is 0 Å². The number of carbonyl (C=O) groups excluding carboxylic acids is 1. The number of nitrogen functional groups attached to an aromatic ring is 1. The molecule has 0 aliphatic heterocycles. The number of ether oxygens (including phenoxy) is 1. The lowest BCUT2D eigenvalue weighted by Crippen LogP contribution is -2.20. The average molecular weight is 234 g/mol. The fourth-order valence-corrected chi connectivity index (χ4v) is 2.02. The first-order valence-electron chi connectivity index (χ1n) is 5.99. The number of anilines is 2. The third kappa shape index (κ3) is 3.12. The minimum atomic E-state index is -0.389. The highest BCUT2D eigenvalue weighted by atomic mass is 16.6. The summed E-state index contributed by atoms with van der Waals surface area (Å²) in [4.78, 5) is 11.6. The fourth-order valence-electron chi connectivity index (χ4n) is 2.02. The molecule has 1 aromatic carbocycles. The van der Waals surface area contributed by atoms with Crippen molar-refractivity contribution in [2.24, 2.45) is 0 Å². The molecule has 1 aliphatic rings. The van der Waals surface area contributed by atoms with E-state index in [1.54, 1.807) is 6.07 Å². The molecule has 1 fully saturated rings. The van der Waals surface area contributed by atoms with E-state index in [1.807, 2.05) is 19.1 Å². The lowest BCUT2D eigenvalue weighted by molar-refractivity contribution is 0.114. The van der Waals surface area contributed by atoms with Crippen LogP contribution in [0.5, 0.6) is 0 Å². The SMILES string of the molecule is Cc1ccc(NC(=O)OC2CCCC2)cc1N. The van der Waals surface area contributed by atoms with E-state index in [0.717, 1.165) is 31.2 Å². The van der Waals surface area contributed by atoms with Crippen LogP contribution in [0.4, 0.5) is 16.2 Å². The third-order valence-electron chi connectivity index (χ3n) is 3.10. The van der Waals surface area contributed by atoms with Crippen molar-refractivity contribution in [2.75, 3.05) is 11.1 Å². The van der Waals surface area contributed by atoms with Crippen LogP contribution >= 0.6 is 0 Å². The van der Waals surface area contributed by atoms with Crippen molar-refractivity contribution in [3.05, 3.63) is 23.8 Å². The molecule has 4 heteroatoms. The maximum absolute atomic E-state index is 11.6. The van der Waals surface area contributed by atoms with Gasteiger partial charge in [-0.1, -0.05) is 6.07 Å². The van der Waals surface area contributed by atoms with Crippen molar-refractivity contribution in [2.45, 2.75) is 38.7 Å². The Morgan fingerprint density at radius 3 is 2.76 bits per heavy atom. The van der Waals surface area contributed by atoms with Gasteiger partial charge < -0.3 is 10.5 Å². The molecule has 3 N–H and O–H groups in total. The van der Waals surface area contributed by atoms with Crippen LogP contribution in [0.25, 0.3) is 0 Å². The van der Waals surface area contributed by atoms with Crippen LogP contribution < -0.4 is 11.1 Å². The first-order valence-corrected chi connectivity index (χ1v) is 5.99. The van der Waals surface area contributed by atoms with Crippen LogP contribution in [0, 0.1) is 6.92 Å². The molecule has 1 saturated carbocycles. The van der Waals surface area contributed by atoms with Gasteiger partial charge in [-0.15, -0.1) is 0 Å². The molecular weight excluding hydrogens is 216 g/mol. The second-order valence-corrected chi connectivity index (χ2v) is 4.51. The normalized spacial score (nSPS) is 15.8. The predicted octanol–water partition coefficient (Wildman–Crippen LogP) is 3.07. The summed E-state index contributed by atoms with van der Waals surface area (Å²) in [5.41, 5.74) is 8.11. The highest BCUT2D eigenvalue weighted by Crippen LogP contribution is 2.22. The summed E-state index contributed by atoms with van der Waals surface area (Å²) in [6.07, 6.45) is 3.94. The summed E-state index contributed by atoms with van der Waals surface area (Å²) in [5.74, 6) is 0. The Labute approximate surface area is 101 Å². The second-order valence-electron chi connectivity index (χ2n) is 4.51. The molecule has 0 unspecified atom stereocenters. The third-order valence-corrected chi connectivity index (χ3v) is 3.10. The highest BCUT2D eigenvalue weighted by Gasteiger charge is 2.19. The first-order chi connectivity index (χ1) is 8.15.